The zero-order chi connectivity index (χ0) is 14.9. The van der Waals surface area contributed by atoms with Crippen LogP contribution in [0.1, 0.15) is 32.0 Å². The summed E-state index contributed by atoms with van der Waals surface area (Å²) in [7, 11) is 1.73. The van der Waals surface area contributed by atoms with Gasteiger partial charge in [-0.25, -0.2) is 4.79 Å². The molecule has 20 heavy (non-hydrogen) atoms. The van der Waals surface area contributed by atoms with E-state index in [1.54, 1.807) is 43.9 Å². The fourth-order valence-corrected chi connectivity index (χ4v) is 1.95. The van der Waals surface area contributed by atoms with Crippen molar-refractivity contribution in [2.45, 2.75) is 13.8 Å². The lowest BCUT2D eigenvalue weighted by Crippen LogP contribution is -2.13. The van der Waals surface area contributed by atoms with E-state index in [0.717, 1.165) is 0 Å². The highest BCUT2D eigenvalue weighted by Crippen LogP contribution is 2.17. The van der Waals surface area contributed by atoms with Crippen molar-refractivity contribution in [2.75, 3.05) is 5.32 Å². The number of rotatable bonds is 3. The molecule has 2 rings (SSSR count). The highest BCUT2D eigenvalue weighted by Gasteiger charge is 2.14. The normalized spacial score (nSPS) is 10.3. The molecule has 104 valence electrons. The van der Waals surface area contributed by atoms with Crippen molar-refractivity contribution < 1.29 is 14.7 Å². The number of hydrogen-bond donors (Lipinski definition) is 2. The molecule has 2 N–H and O–H groups in total. The summed E-state index contributed by atoms with van der Waals surface area (Å²) < 4.78 is 1.56. The van der Waals surface area contributed by atoms with Gasteiger partial charge in [-0.1, -0.05) is 6.07 Å². The third-order valence-electron chi connectivity index (χ3n) is 2.98. The summed E-state index contributed by atoms with van der Waals surface area (Å²) in [6.07, 6.45) is 1.62. The first-order chi connectivity index (χ1) is 9.38. The molecule has 0 radical (unpaired) electrons. The van der Waals surface area contributed by atoms with E-state index in [1.807, 2.05) is 0 Å². The van der Waals surface area contributed by atoms with E-state index in [1.165, 1.54) is 6.07 Å². The largest absolute Gasteiger partial charge is 0.478 e. The van der Waals surface area contributed by atoms with Crippen molar-refractivity contribution in [3.05, 3.63) is 46.8 Å². The van der Waals surface area contributed by atoms with Crippen LogP contribution in [0.25, 0.3) is 0 Å². The Kier molecular flexibility index (Phi) is 3.56. The predicted molar refractivity (Wildman–Crippen MR) is 74.0 cm³/mol. The van der Waals surface area contributed by atoms with Crippen LogP contribution in [0.3, 0.4) is 0 Å². The molecular weight excluding hydrogens is 258 g/mol. The van der Waals surface area contributed by atoms with E-state index in [0.29, 0.717) is 22.5 Å². The molecule has 0 fully saturated rings. The van der Waals surface area contributed by atoms with Crippen molar-refractivity contribution in [1.82, 2.24) is 9.78 Å². The molecule has 1 aromatic heterocycles. The first kappa shape index (κ1) is 13.8. The van der Waals surface area contributed by atoms with Crippen molar-refractivity contribution in [2.24, 2.45) is 7.05 Å². The smallest absolute Gasteiger partial charge is 0.336 e. The lowest BCUT2D eigenvalue weighted by molar-refractivity contribution is 0.0695. The Labute approximate surface area is 116 Å². The molecule has 1 aromatic carbocycles. The zero-order valence-electron chi connectivity index (χ0n) is 11.5. The van der Waals surface area contributed by atoms with Crippen LogP contribution in [-0.4, -0.2) is 26.8 Å². The second-order valence-corrected chi connectivity index (χ2v) is 4.59. The Morgan fingerprint density at radius 1 is 1.25 bits per heavy atom. The third kappa shape index (κ3) is 2.69. The number of anilines is 1. The number of carbonyl (C=O) groups excluding carboxylic acids is 1. The minimum Gasteiger partial charge on any atom is -0.478 e. The van der Waals surface area contributed by atoms with Gasteiger partial charge in [-0.05, 0) is 31.5 Å². The second-order valence-electron chi connectivity index (χ2n) is 4.59. The Morgan fingerprint density at radius 3 is 2.50 bits per heavy atom. The van der Waals surface area contributed by atoms with Gasteiger partial charge in [0, 0.05) is 18.9 Å². The van der Waals surface area contributed by atoms with Gasteiger partial charge in [-0.3, -0.25) is 9.48 Å². The monoisotopic (exact) mass is 273 g/mol. The highest BCUT2D eigenvalue weighted by atomic mass is 16.4. The summed E-state index contributed by atoms with van der Waals surface area (Å²) in [6.45, 7) is 3.45. The number of carbonyl (C=O) groups is 2. The molecule has 0 saturated heterocycles. The molecule has 2 aromatic rings. The minimum atomic E-state index is -1.02. The average Bonchev–Trinajstić information content (AvgIpc) is 2.70. The van der Waals surface area contributed by atoms with E-state index < -0.39 is 5.97 Å². The van der Waals surface area contributed by atoms with Crippen molar-refractivity contribution in [1.29, 1.82) is 0 Å². The molecule has 0 atom stereocenters. The fraction of sp³-hybridized carbons (Fsp3) is 0.214. The highest BCUT2D eigenvalue weighted by molar-refractivity contribution is 6.05. The lowest BCUT2D eigenvalue weighted by atomic mass is 10.1. The van der Waals surface area contributed by atoms with Crippen molar-refractivity contribution >= 4 is 17.6 Å². The van der Waals surface area contributed by atoms with Gasteiger partial charge in [-0.15, -0.1) is 0 Å². The van der Waals surface area contributed by atoms with E-state index in [4.69, 9.17) is 5.11 Å². The van der Waals surface area contributed by atoms with Crippen LogP contribution in [0.15, 0.2) is 24.4 Å². The first-order valence-corrected chi connectivity index (χ1v) is 6.04. The number of amides is 1. The molecule has 0 aliphatic heterocycles. The summed E-state index contributed by atoms with van der Waals surface area (Å²) in [4.78, 5) is 23.2. The van der Waals surface area contributed by atoms with Crippen LogP contribution >= 0.6 is 0 Å². The average molecular weight is 273 g/mol. The molecule has 6 nitrogen and oxygen atoms in total. The number of aryl methyl sites for hydroxylation is 3. The number of hydrogen-bond acceptors (Lipinski definition) is 3. The molecule has 0 bridgehead atoms. The van der Waals surface area contributed by atoms with Gasteiger partial charge in [0.05, 0.1) is 16.8 Å². The number of benzene rings is 1. The predicted octanol–water partition coefficient (Wildman–Crippen LogP) is 1.99. The molecule has 0 aliphatic carbocycles. The number of nitrogens with one attached hydrogen (secondary N) is 1. The first-order valence-electron chi connectivity index (χ1n) is 6.04. The maximum atomic E-state index is 12.1. The molecular formula is C14H15N3O3. The summed E-state index contributed by atoms with van der Waals surface area (Å²) in [5.74, 6) is -1.33. The van der Waals surface area contributed by atoms with Crippen LogP contribution in [0, 0.1) is 13.8 Å². The third-order valence-corrected chi connectivity index (χ3v) is 2.98. The minimum absolute atomic E-state index is 0.172. The standard InChI is InChI=1S/C14H15N3O3/c1-8-4-5-10(6-11(8)14(19)20)15-13(18)12-7-17(3)16-9(12)2/h4-7H,1-3H3,(H,15,18)(H,19,20). The van der Waals surface area contributed by atoms with Crippen LogP contribution in [0.2, 0.25) is 0 Å². The molecule has 6 heteroatoms. The van der Waals surface area contributed by atoms with Crippen LogP contribution < -0.4 is 5.32 Å². The molecule has 0 unspecified atom stereocenters. The Bertz CT molecular complexity index is 689. The van der Waals surface area contributed by atoms with E-state index in [2.05, 4.69) is 10.4 Å². The topological polar surface area (TPSA) is 84.2 Å². The summed E-state index contributed by atoms with van der Waals surface area (Å²) in [5.41, 5.74) is 2.35. The Hall–Kier alpha value is -2.63. The Balaban J connectivity index is 2.26. The fourth-order valence-electron chi connectivity index (χ4n) is 1.95. The van der Waals surface area contributed by atoms with Crippen molar-refractivity contribution in [3.63, 3.8) is 0 Å². The SMILES string of the molecule is Cc1ccc(NC(=O)c2cn(C)nc2C)cc1C(=O)O. The van der Waals surface area contributed by atoms with Gasteiger partial charge >= 0.3 is 5.97 Å². The number of aromatic nitrogens is 2. The van der Waals surface area contributed by atoms with Crippen LogP contribution in [0.4, 0.5) is 5.69 Å². The molecule has 0 spiro atoms. The van der Waals surface area contributed by atoms with Gasteiger partial charge < -0.3 is 10.4 Å². The lowest BCUT2D eigenvalue weighted by Gasteiger charge is -2.07. The molecule has 0 aliphatic rings. The summed E-state index contributed by atoms with van der Waals surface area (Å²) >= 11 is 0. The van der Waals surface area contributed by atoms with E-state index in [-0.39, 0.29) is 11.5 Å². The number of aromatic carboxylic acids is 1. The Morgan fingerprint density at radius 2 is 1.95 bits per heavy atom. The maximum Gasteiger partial charge on any atom is 0.336 e. The molecule has 1 heterocycles. The van der Waals surface area contributed by atoms with Crippen molar-refractivity contribution in [3.8, 4) is 0 Å². The van der Waals surface area contributed by atoms with E-state index in [9.17, 15) is 9.59 Å². The number of nitrogens with zero attached hydrogens (tertiary/aromatic N) is 2. The van der Waals surface area contributed by atoms with Gasteiger partial charge in [0.15, 0.2) is 0 Å². The summed E-state index contributed by atoms with van der Waals surface area (Å²) in [5, 5.41) is 15.8. The van der Waals surface area contributed by atoms with Crippen LogP contribution in [-0.2, 0) is 7.05 Å². The second kappa shape index (κ2) is 5.16. The van der Waals surface area contributed by atoms with Gasteiger partial charge in [-0.2, -0.15) is 5.10 Å². The van der Waals surface area contributed by atoms with Gasteiger partial charge in [0.1, 0.15) is 0 Å². The van der Waals surface area contributed by atoms with Gasteiger partial charge in [0.25, 0.3) is 5.91 Å². The van der Waals surface area contributed by atoms with E-state index >= 15 is 0 Å². The zero-order valence-corrected chi connectivity index (χ0v) is 11.5. The molecule has 1 amide bonds. The maximum absolute atomic E-state index is 12.1. The number of carboxylic acid groups (broad SMARTS) is 1. The summed E-state index contributed by atoms with van der Waals surface area (Å²) in [6, 6.07) is 4.78. The molecule has 0 saturated carbocycles. The quantitative estimate of drug-likeness (QED) is 0.895. The number of carboxylic acids is 1. The van der Waals surface area contributed by atoms with Crippen LogP contribution in [0.5, 0.6) is 0 Å². The van der Waals surface area contributed by atoms with Gasteiger partial charge in [0.2, 0.25) is 0 Å².